The van der Waals surface area contributed by atoms with Crippen LogP contribution in [0, 0.1) is 11.8 Å². The summed E-state index contributed by atoms with van der Waals surface area (Å²) in [4.78, 5) is 2.76. The molecule has 16 heavy (non-hydrogen) atoms. The van der Waals surface area contributed by atoms with Gasteiger partial charge in [0.1, 0.15) is 0 Å². The molecule has 1 aliphatic carbocycles. The van der Waals surface area contributed by atoms with E-state index in [-0.39, 0.29) is 0 Å². The standard InChI is InChI=1S/C14H28N2/c1-11-6-8-16(9-7-11)14-10-12(2)4-5-13(14)15-3/h11-15H,4-10H2,1-3H3. The van der Waals surface area contributed by atoms with Crippen molar-refractivity contribution in [1.82, 2.24) is 10.2 Å². The summed E-state index contributed by atoms with van der Waals surface area (Å²) in [6, 6.07) is 1.55. The van der Waals surface area contributed by atoms with E-state index >= 15 is 0 Å². The fourth-order valence-corrected chi connectivity index (χ4v) is 3.45. The second-order valence-corrected chi connectivity index (χ2v) is 6.10. The third-order valence-corrected chi connectivity index (χ3v) is 4.74. The lowest BCUT2D eigenvalue weighted by atomic mass is 9.81. The highest BCUT2D eigenvalue weighted by Crippen LogP contribution is 2.30. The number of hydrogen-bond donors (Lipinski definition) is 1. The molecule has 1 saturated heterocycles. The molecule has 0 spiro atoms. The number of likely N-dealkylation sites (tertiary alicyclic amines) is 1. The Balaban J connectivity index is 1.94. The fourth-order valence-electron chi connectivity index (χ4n) is 3.45. The smallest absolute Gasteiger partial charge is 0.0251 e. The van der Waals surface area contributed by atoms with Gasteiger partial charge in [0.2, 0.25) is 0 Å². The molecule has 3 atom stereocenters. The number of rotatable bonds is 2. The summed E-state index contributed by atoms with van der Waals surface area (Å²) in [5.41, 5.74) is 0. The van der Waals surface area contributed by atoms with E-state index in [1.807, 2.05) is 0 Å². The molecule has 0 bridgehead atoms. The van der Waals surface area contributed by atoms with Gasteiger partial charge in [-0.15, -0.1) is 0 Å². The average Bonchev–Trinajstić information content (AvgIpc) is 2.30. The molecular weight excluding hydrogens is 196 g/mol. The lowest BCUT2D eigenvalue weighted by molar-refractivity contribution is 0.0733. The zero-order valence-electron chi connectivity index (χ0n) is 11.2. The fraction of sp³-hybridized carbons (Fsp3) is 1.00. The first-order chi connectivity index (χ1) is 7.70. The van der Waals surface area contributed by atoms with Crippen LogP contribution in [0.1, 0.15) is 46.0 Å². The summed E-state index contributed by atoms with van der Waals surface area (Å²) in [7, 11) is 2.14. The molecule has 1 aliphatic heterocycles. The normalized spacial score (nSPS) is 38.8. The topological polar surface area (TPSA) is 15.3 Å². The van der Waals surface area contributed by atoms with Crippen LogP contribution in [0.4, 0.5) is 0 Å². The molecule has 1 N–H and O–H groups in total. The third kappa shape index (κ3) is 2.78. The molecule has 2 heteroatoms. The van der Waals surface area contributed by atoms with Crippen LogP contribution in [0.3, 0.4) is 0 Å². The van der Waals surface area contributed by atoms with Crippen LogP contribution >= 0.6 is 0 Å². The van der Waals surface area contributed by atoms with Gasteiger partial charge >= 0.3 is 0 Å². The highest BCUT2D eigenvalue weighted by molar-refractivity contribution is 4.91. The van der Waals surface area contributed by atoms with Crippen molar-refractivity contribution < 1.29 is 0 Å². The molecule has 0 aromatic rings. The van der Waals surface area contributed by atoms with E-state index in [0.29, 0.717) is 0 Å². The van der Waals surface area contributed by atoms with Crippen molar-refractivity contribution in [3.05, 3.63) is 0 Å². The van der Waals surface area contributed by atoms with Crippen LogP contribution in [0.15, 0.2) is 0 Å². The van der Waals surface area contributed by atoms with Crippen molar-refractivity contribution in [2.75, 3.05) is 20.1 Å². The Hall–Kier alpha value is -0.0800. The Morgan fingerprint density at radius 3 is 2.25 bits per heavy atom. The first kappa shape index (κ1) is 12.4. The van der Waals surface area contributed by atoms with Gasteiger partial charge in [-0.1, -0.05) is 13.8 Å². The van der Waals surface area contributed by atoms with Crippen molar-refractivity contribution in [3.8, 4) is 0 Å². The molecule has 0 amide bonds. The molecule has 0 aromatic carbocycles. The molecule has 1 saturated carbocycles. The Morgan fingerprint density at radius 1 is 0.938 bits per heavy atom. The summed E-state index contributed by atoms with van der Waals surface area (Å²) in [6.07, 6.45) is 6.99. The second kappa shape index (κ2) is 5.50. The molecule has 2 aliphatic rings. The predicted octanol–water partition coefficient (Wildman–Crippen LogP) is 2.49. The summed E-state index contributed by atoms with van der Waals surface area (Å²) in [5.74, 6) is 1.87. The summed E-state index contributed by atoms with van der Waals surface area (Å²) >= 11 is 0. The van der Waals surface area contributed by atoms with E-state index in [1.165, 1.54) is 45.2 Å². The van der Waals surface area contributed by atoms with Gasteiger partial charge in [0.15, 0.2) is 0 Å². The molecule has 2 rings (SSSR count). The van der Waals surface area contributed by atoms with Crippen LogP contribution in [0.5, 0.6) is 0 Å². The van der Waals surface area contributed by atoms with Crippen LogP contribution in [0.2, 0.25) is 0 Å². The van der Waals surface area contributed by atoms with Gasteiger partial charge in [0.05, 0.1) is 0 Å². The van der Waals surface area contributed by atoms with E-state index in [9.17, 15) is 0 Å². The predicted molar refractivity (Wildman–Crippen MR) is 69.6 cm³/mol. The minimum Gasteiger partial charge on any atom is -0.315 e. The number of likely N-dealkylation sites (N-methyl/N-ethyl adjacent to an activating group) is 1. The largest absolute Gasteiger partial charge is 0.315 e. The van der Waals surface area contributed by atoms with E-state index in [4.69, 9.17) is 0 Å². The molecule has 0 aromatic heterocycles. The highest BCUT2D eigenvalue weighted by atomic mass is 15.2. The summed E-state index contributed by atoms with van der Waals surface area (Å²) in [6.45, 7) is 7.48. The average molecular weight is 224 g/mol. The maximum absolute atomic E-state index is 3.54. The summed E-state index contributed by atoms with van der Waals surface area (Å²) in [5, 5.41) is 3.54. The second-order valence-electron chi connectivity index (χ2n) is 6.10. The van der Waals surface area contributed by atoms with Gasteiger partial charge in [-0.2, -0.15) is 0 Å². The van der Waals surface area contributed by atoms with E-state index in [0.717, 1.165) is 23.9 Å². The van der Waals surface area contributed by atoms with Crippen molar-refractivity contribution in [2.45, 2.75) is 58.0 Å². The number of nitrogens with zero attached hydrogens (tertiary/aromatic N) is 1. The monoisotopic (exact) mass is 224 g/mol. The van der Waals surface area contributed by atoms with Crippen molar-refractivity contribution in [2.24, 2.45) is 11.8 Å². The van der Waals surface area contributed by atoms with E-state index in [2.05, 4.69) is 31.1 Å². The molecule has 2 nitrogen and oxygen atoms in total. The van der Waals surface area contributed by atoms with Crippen molar-refractivity contribution in [1.29, 1.82) is 0 Å². The van der Waals surface area contributed by atoms with Gasteiger partial charge in [-0.3, -0.25) is 4.90 Å². The lowest BCUT2D eigenvalue weighted by Gasteiger charge is -2.44. The first-order valence-corrected chi connectivity index (χ1v) is 7.12. The Bertz CT molecular complexity index is 209. The Kier molecular flexibility index (Phi) is 4.26. The zero-order chi connectivity index (χ0) is 11.5. The van der Waals surface area contributed by atoms with E-state index < -0.39 is 0 Å². The van der Waals surface area contributed by atoms with Gasteiger partial charge < -0.3 is 5.32 Å². The number of piperidine rings is 1. The van der Waals surface area contributed by atoms with Gasteiger partial charge in [-0.25, -0.2) is 0 Å². The molecular formula is C14H28N2. The van der Waals surface area contributed by atoms with Crippen LogP contribution < -0.4 is 5.32 Å². The maximum atomic E-state index is 3.54. The molecule has 94 valence electrons. The van der Waals surface area contributed by atoms with Gasteiger partial charge in [-0.05, 0) is 64.1 Å². The summed E-state index contributed by atoms with van der Waals surface area (Å²) < 4.78 is 0. The van der Waals surface area contributed by atoms with Gasteiger partial charge in [0.25, 0.3) is 0 Å². The SMILES string of the molecule is CNC1CCC(C)CC1N1CCC(C)CC1. The van der Waals surface area contributed by atoms with Crippen LogP contribution in [-0.4, -0.2) is 37.1 Å². The minimum atomic E-state index is 0.740. The highest BCUT2D eigenvalue weighted by Gasteiger charge is 2.33. The number of nitrogens with one attached hydrogen (secondary N) is 1. The molecule has 3 unspecified atom stereocenters. The maximum Gasteiger partial charge on any atom is 0.0251 e. The van der Waals surface area contributed by atoms with Crippen LogP contribution in [0.25, 0.3) is 0 Å². The third-order valence-electron chi connectivity index (χ3n) is 4.74. The Labute approximate surface area is 101 Å². The molecule has 0 radical (unpaired) electrons. The van der Waals surface area contributed by atoms with Gasteiger partial charge in [0, 0.05) is 12.1 Å². The Morgan fingerprint density at radius 2 is 1.62 bits per heavy atom. The zero-order valence-corrected chi connectivity index (χ0v) is 11.2. The first-order valence-electron chi connectivity index (χ1n) is 7.12. The van der Waals surface area contributed by atoms with Crippen molar-refractivity contribution in [3.63, 3.8) is 0 Å². The van der Waals surface area contributed by atoms with Crippen molar-refractivity contribution >= 4 is 0 Å². The number of hydrogen-bond acceptors (Lipinski definition) is 2. The quantitative estimate of drug-likeness (QED) is 0.775. The molecule has 1 heterocycles. The van der Waals surface area contributed by atoms with E-state index in [1.54, 1.807) is 0 Å². The lowest BCUT2D eigenvalue weighted by Crippen LogP contribution is -2.54. The van der Waals surface area contributed by atoms with Crippen LogP contribution in [-0.2, 0) is 0 Å². The molecule has 2 fully saturated rings. The minimum absolute atomic E-state index is 0.740.